The molecule has 0 radical (unpaired) electrons. The first kappa shape index (κ1) is 16.3. The summed E-state index contributed by atoms with van der Waals surface area (Å²) in [6.45, 7) is 9.92. The molecule has 0 aromatic carbocycles. The Hall–Kier alpha value is -0.0800. The van der Waals surface area contributed by atoms with Gasteiger partial charge in [-0.25, -0.2) is 0 Å². The van der Waals surface area contributed by atoms with Crippen LogP contribution in [0.1, 0.15) is 65.7 Å². The third kappa shape index (κ3) is 3.98. The van der Waals surface area contributed by atoms with Crippen molar-refractivity contribution in [3.8, 4) is 0 Å². The van der Waals surface area contributed by atoms with Gasteiger partial charge in [-0.15, -0.1) is 0 Å². The molecule has 20 heavy (non-hydrogen) atoms. The van der Waals surface area contributed by atoms with E-state index in [4.69, 9.17) is 0 Å². The van der Waals surface area contributed by atoms with Gasteiger partial charge in [0.1, 0.15) is 0 Å². The Labute approximate surface area is 126 Å². The third-order valence-electron chi connectivity index (χ3n) is 5.80. The molecular formula is C18H36N2. The molecule has 1 aliphatic carbocycles. The normalized spacial score (nSPS) is 40.5. The Morgan fingerprint density at radius 3 is 2.60 bits per heavy atom. The summed E-state index contributed by atoms with van der Waals surface area (Å²) in [4.78, 5) is 2.84. The van der Waals surface area contributed by atoms with Crippen molar-refractivity contribution in [1.29, 1.82) is 0 Å². The average molecular weight is 281 g/mol. The van der Waals surface area contributed by atoms with Gasteiger partial charge in [0, 0.05) is 12.1 Å². The van der Waals surface area contributed by atoms with Crippen LogP contribution in [0, 0.1) is 17.8 Å². The summed E-state index contributed by atoms with van der Waals surface area (Å²) in [6.07, 6.45) is 9.90. The summed E-state index contributed by atoms with van der Waals surface area (Å²) in [5, 5.41) is 3.63. The van der Waals surface area contributed by atoms with Crippen LogP contribution in [0.15, 0.2) is 0 Å². The smallest absolute Gasteiger partial charge is 0.0274 e. The van der Waals surface area contributed by atoms with Gasteiger partial charge in [0.25, 0.3) is 0 Å². The SMILES string of the molecule is CCCC1CCCN(C2C(C)CC(C)CC2NC)CC1. The molecule has 0 amide bonds. The number of hydrogen-bond acceptors (Lipinski definition) is 2. The van der Waals surface area contributed by atoms with Crippen molar-refractivity contribution in [2.45, 2.75) is 77.8 Å². The number of hydrogen-bond donors (Lipinski definition) is 1. The molecule has 2 fully saturated rings. The zero-order chi connectivity index (χ0) is 14.5. The first-order valence-corrected chi connectivity index (χ1v) is 9.07. The molecule has 1 N–H and O–H groups in total. The Morgan fingerprint density at radius 1 is 1.10 bits per heavy atom. The number of likely N-dealkylation sites (N-methyl/N-ethyl adjacent to an activating group) is 1. The minimum absolute atomic E-state index is 0.705. The minimum atomic E-state index is 0.705. The Bertz CT molecular complexity index is 279. The summed E-state index contributed by atoms with van der Waals surface area (Å²) in [6, 6.07) is 1.48. The van der Waals surface area contributed by atoms with Crippen LogP contribution in [-0.4, -0.2) is 37.1 Å². The molecule has 1 aliphatic heterocycles. The van der Waals surface area contributed by atoms with Gasteiger partial charge in [0.15, 0.2) is 0 Å². The van der Waals surface area contributed by atoms with Crippen molar-refractivity contribution in [3.05, 3.63) is 0 Å². The molecule has 0 bridgehead atoms. The second-order valence-corrected chi connectivity index (χ2v) is 7.56. The average Bonchev–Trinajstić information content (AvgIpc) is 2.64. The van der Waals surface area contributed by atoms with Crippen LogP contribution in [0.4, 0.5) is 0 Å². The van der Waals surface area contributed by atoms with E-state index in [1.807, 2.05) is 0 Å². The van der Waals surface area contributed by atoms with E-state index in [9.17, 15) is 0 Å². The van der Waals surface area contributed by atoms with E-state index in [-0.39, 0.29) is 0 Å². The van der Waals surface area contributed by atoms with E-state index in [2.05, 4.69) is 38.0 Å². The minimum Gasteiger partial charge on any atom is -0.315 e. The summed E-state index contributed by atoms with van der Waals surface area (Å²) in [5.74, 6) is 2.73. The van der Waals surface area contributed by atoms with E-state index in [0.717, 1.165) is 23.8 Å². The van der Waals surface area contributed by atoms with Gasteiger partial charge in [0.2, 0.25) is 0 Å². The highest BCUT2D eigenvalue weighted by atomic mass is 15.2. The van der Waals surface area contributed by atoms with Gasteiger partial charge in [-0.2, -0.15) is 0 Å². The Balaban J connectivity index is 1.97. The molecular weight excluding hydrogens is 244 g/mol. The largest absolute Gasteiger partial charge is 0.315 e. The lowest BCUT2D eigenvalue weighted by molar-refractivity contribution is 0.0657. The second-order valence-electron chi connectivity index (χ2n) is 7.56. The molecule has 0 aromatic heterocycles. The van der Waals surface area contributed by atoms with Gasteiger partial charge in [-0.05, 0) is 70.0 Å². The third-order valence-corrected chi connectivity index (χ3v) is 5.80. The van der Waals surface area contributed by atoms with E-state index in [0.29, 0.717) is 6.04 Å². The van der Waals surface area contributed by atoms with E-state index in [1.54, 1.807) is 0 Å². The first-order chi connectivity index (χ1) is 9.65. The number of rotatable bonds is 4. The lowest BCUT2D eigenvalue weighted by atomic mass is 9.75. The molecule has 2 rings (SSSR count). The van der Waals surface area contributed by atoms with Gasteiger partial charge < -0.3 is 5.32 Å². The molecule has 2 aliphatic rings. The van der Waals surface area contributed by atoms with Crippen LogP contribution >= 0.6 is 0 Å². The summed E-state index contributed by atoms with van der Waals surface area (Å²) in [7, 11) is 2.17. The molecule has 5 atom stereocenters. The summed E-state index contributed by atoms with van der Waals surface area (Å²) >= 11 is 0. The fraction of sp³-hybridized carbons (Fsp3) is 1.00. The number of nitrogens with zero attached hydrogens (tertiary/aromatic N) is 1. The van der Waals surface area contributed by atoms with Crippen molar-refractivity contribution < 1.29 is 0 Å². The van der Waals surface area contributed by atoms with Crippen LogP contribution in [0.3, 0.4) is 0 Å². The van der Waals surface area contributed by atoms with Crippen molar-refractivity contribution in [3.63, 3.8) is 0 Å². The molecule has 0 spiro atoms. The lowest BCUT2D eigenvalue weighted by Crippen LogP contribution is -2.56. The van der Waals surface area contributed by atoms with E-state index in [1.165, 1.54) is 58.0 Å². The van der Waals surface area contributed by atoms with E-state index >= 15 is 0 Å². The van der Waals surface area contributed by atoms with E-state index < -0.39 is 0 Å². The Morgan fingerprint density at radius 2 is 1.90 bits per heavy atom. The number of likely N-dealkylation sites (tertiary alicyclic amines) is 1. The maximum atomic E-state index is 3.63. The lowest BCUT2D eigenvalue weighted by Gasteiger charge is -2.45. The highest BCUT2D eigenvalue weighted by molar-refractivity contribution is 4.94. The standard InChI is InChI=1S/C18H36N2/c1-5-7-16-8-6-10-20(11-9-16)18-15(3)12-14(2)13-17(18)19-4/h14-19H,5-13H2,1-4H3. The summed E-state index contributed by atoms with van der Waals surface area (Å²) < 4.78 is 0. The Kier molecular flexibility index (Phi) is 6.35. The maximum absolute atomic E-state index is 3.63. The van der Waals surface area contributed by atoms with Crippen LogP contribution < -0.4 is 5.32 Å². The van der Waals surface area contributed by atoms with Gasteiger partial charge in [0.05, 0.1) is 0 Å². The highest BCUT2D eigenvalue weighted by Gasteiger charge is 2.37. The van der Waals surface area contributed by atoms with Crippen molar-refractivity contribution in [2.75, 3.05) is 20.1 Å². The quantitative estimate of drug-likeness (QED) is 0.840. The predicted molar refractivity (Wildman–Crippen MR) is 88.0 cm³/mol. The fourth-order valence-electron chi connectivity index (χ4n) is 4.93. The van der Waals surface area contributed by atoms with Gasteiger partial charge in [-0.1, -0.05) is 33.6 Å². The fourth-order valence-corrected chi connectivity index (χ4v) is 4.93. The summed E-state index contributed by atoms with van der Waals surface area (Å²) in [5.41, 5.74) is 0. The molecule has 1 heterocycles. The van der Waals surface area contributed by atoms with Crippen LogP contribution in [-0.2, 0) is 0 Å². The van der Waals surface area contributed by atoms with Crippen LogP contribution in [0.5, 0.6) is 0 Å². The zero-order valence-corrected chi connectivity index (χ0v) is 14.2. The monoisotopic (exact) mass is 280 g/mol. The van der Waals surface area contributed by atoms with Crippen molar-refractivity contribution in [2.24, 2.45) is 17.8 Å². The highest BCUT2D eigenvalue weighted by Crippen LogP contribution is 2.34. The molecule has 2 nitrogen and oxygen atoms in total. The van der Waals surface area contributed by atoms with Crippen LogP contribution in [0.2, 0.25) is 0 Å². The van der Waals surface area contributed by atoms with Crippen molar-refractivity contribution >= 4 is 0 Å². The topological polar surface area (TPSA) is 15.3 Å². The van der Waals surface area contributed by atoms with Gasteiger partial charge >= 0.3 is 0 Å². The zero-order valence-electron chi connectivity index (χ0n) is 14.2. The molecule has 2 heteroatoms. The number of nitrogens with one attached hydrogen (secondary N) is 1. The van der Waals surface area contributed by atoms with Crippen LogP contribution in [0.25, 0.3) is 0 Å². The predicted octanol–water partition coefficient (Wildman–Crippen LogP) is 3.91. The molecule has 1 saturated heterocycles. The maximum Gasteiger partial charge on any atom is 0.0274 e. The second kappa shape index (κ2) is 7.79. The molecule has 118 valence electrons. The van der Waals surface area contributed by atoms with Crippen molar-refractivity contribution in [1.82, 2.24) is 10.2 Å². The molecule has 1 saturated carbocycles. The van der Waals surface area contributed by atoms with Gasteiger partial charge in [-0.3, -0.25) is 4.90 Å². The molecule has 5 unspecified atom stereocenters. The first-order valence-electron chi connectivity index (χ1n) is 9.07. The molecule has 0 aromatic rings.